The molecule has 0 fully saturated rings. The molecule has 0 bridgehead atoms. The van der Waals surface area contributed by atoms with Gasteiger partial charge in [-0.15, -0.1) is 0 Å². The summed E-state index contributed by atoms with van der Waals surface area (Å²) in [6.07, 6.45) is 3.80. The van der Waals surface area contributed by atoms with E-state index in [-0.39, 0.29) is 0 Å². The van der Waals surface area contributed by atoms with E-state index in [0.717, 1.165) is 28.9 Å². The second-order valence-corrected chi connectivity index (χ2v) is 11.9. The monoisotopic (exact) mass is 277 g/mol. The number of hydrogen-bond donors (Lipinski definition) is 1. The van der Waals surface area contributed by atoms with Crippen molar-refractivity contribution in [3.8, 4) is 0 Å². The molecule has 19 heavy (non-hydrogen) atoms. The number of aryl methyl sites for hydroxylation is 1. The SMILES string of the molecule is Cc1cn(COCC[Si](C)(C)C)c2nccc(N)c12. The van der Waals surface area contributed by atoms with Gasteiger partial charge in [0.05, 0.1) is 0 Å². The van der Waals surface area contributed by atoms with Gasteiger partial charge in [-0.1, -0.05) is 19.6 Å². The number of ether oxygens (including phenoxy) is 1. The summed E-state index contributed by atoms with van der Waals surface area (Å²) in [6.45, 7) is 10.5. The molecule has 104 valence electrons. The third-order valence-electron chi connectivity index (χ3n) is 3.21. The molecule has 2 aromatic rings. The Morgan fingerprint density at radius 2 is 2.11 bits per heavy atom. The van der Waals surface area contributed by atoms with Gasteiger partial charge in [-0.3, -0.25) is 0 Å². The second kappa shape index (κ2) is 5.34. The van der Waals surface area contributed by atoms with Gasteiger partial charge in [0.1, 0.15) is 12.4 Å². The molecule has 0 amide bonds. The van der Waals surface area contributed by atoms with Crippen molar-refractivity contribution in [3.63, 3.8) is 0 Å². The molecule has 2 N–H and O–H groups in total. The van der Waals surface area contributed by atoms with E-state index in [1.54, 1.807) is 6.20 Å². The van der Waals surface area contributed by atoms with Crippen molar-refractivity contribution in [1.29, 1.82) is 0 Å². The quantitative estimate of drug-likeness (QED) is 0.674. The van der Waals surface area contributed by atoms with Crippen LogP contribution in [0, 0.1) is 6.92 Å². The van der Waals surface area contributed by atoms with Crippen LogP contribution in [-0.4, -0.2) is 24.2 Å². The molecule has 0 aromatic carbocycles. The summed E-state index contributed by atoms with van der Waals surface area (Å²) in [6, 6.07) is 3.02. The van der Waals surface area contributed by atoms with Crippen LogP contribution in [0.25, 0.3) is 11.0 Å². The molecule has 0 radical (unpaired) electrons. The largest absolute Gasteiger partial charge is 0.398 e. The van der Waals surface area contributed by atoms with Crippen LogP contribution in [0.4, 0.5) is 5.69 Å². The summed E-state index contributed by atoms with van der Waals surface area (Å²) in [5.74, 6) is 0. The molecule has 0 aliphatic rings. The number of anilines is 1. The Morgan fingerprint density at radius 1 is 1.37 bits per heavy atom. The number of pyridine rings is 1. The fourth-order valence-corrected chi connectivity index (χ4v) is 2.84. The average Bonchev–Trinajstić information content (AvgIpc) is 2.62. The van der Waals surface area contributed by atoms with Gasteiger partial charge in [-0.2, -0.15) is 0 Å². The summed E-state index contributed by atoms with van der Waals surface area (Å²) in [5, 5.41) is 1.04. The Kier molecular flexibility index (Phi) is 3.96. The third kappa shape index (κ3) is 3.36. The highest BCUT2D eigenvalue weighted by Gasteiger charge is 2.13. The van der Waals surface area contributed by atoms with Crippen LogP contribution in [-0.2, 0) is 11.5 Å². The van der Waals surface area contributed by atoms with E-state index in [9.17, 15) is 0 Å². The molecule has 0 aliphatic carbocycles. The van der Waals surface area contributed by atoms with Gasteiger partial charge in [-0.05, 0) is 24.6 Å². The van der Waals surface area contributed by atoms with Crippen molar-refractivity contribution in [2.45, 2.75) is 39.3 Å². The van der Waals surface area contributed by atoms with Gasteiger partial charge >= 0.3 is 0 Å². The Hall–Kier alpha value is -1.33. The predicted octanol–water partition coefficient (Wildman–Crippen LogP) is 3.24. The number of nitrogens with zero attached hydrogens (tertiary/aromatic N) is 2. The Labute approximate surface area is 115 Å². The van der Waals surface area contributed by atoms with E-state index in [2.05, 4.69) is 37.7 Å². The van der Waals surface area contributed by atoms with Crippen LogP contribution in [0.3, 0.4) is 0 Å². The predicted molar refractivity (Wildman–Crippen MR) is 83.0 cm³/mol. The van der Waals surface area contributed by atoms with E-state index >= 15 is 0 Å². The number of hydrogen-bond acceptors (Lipinski definition) is 3. The maximum atomic E-state index is 5.99. The lowest BCUT2D eigenvalue weighted by atomic mass is 10.2. The van der Waals surface area contributed by atoms with Crippen LogP contribution in [0.2, 0.25) is 25.7 Å². The van der Waals surface area contributed by atoms with Crippen molar-refractivity contribution in [1.82, 2.24) is 9.55 Å². The maximum absolute atomic E-state index is 5.99. The van der Waals surface area contributed by atoms with Crippen LogP contribution in [0.15, 0.2) is 18.5 Å². The first-order valence-electron chi connectivity index (χ1n) is 6.66. The molecule has 0 atom stereocenters. The zero-order chi connectivity index (χ0) is 14.0. The third-order valence-corrected chi connectivity index (χ3v) is 4.91. The molecule has 0 unspecified atom stereocenters. The molecule has 0 spiro atoms. The molecule has 2 aromatic heterocycles. The number of nitrogen functional groups attached to an aromatic ring is 1. The number of aromatic nitrogens is 2. The fraction of sp³-hybridized carbons (Fsp3) is 0.500. The maximum Gasteiger partial charge on any atom is 0.144 e. The lowest BCUT2D eigenvalue weighted by Gasteiger charge is -2.15. The fourth-order valence-electron chi connectivity index (χ4n) is 2.09. The first-order chi connectivity index (χ1) is 8.88. The molecular formula is C14H23N3OSi. The molecule has 0 saturated heterocycles. The van der Waals surface area contributed by atoms with Gasteiger partial charge in [0, 0.05) is 38.1 Å². The van der Waals surface area contributed by atoms with E-state index in [4.69, 9.17) is 10.5 Å². The topological polar surface area (TPSA) is 53.1 Å². The second-order valence-electron chi connectivity index (χ2n) is 6.23. The lowest BCUT2D eigenvalue weighted by molar-refractivity contribution is 0.0898. The van der Waals surface area contributed by atoms with Gasteiger partial charge in [0.2, 0.25) is 0 Å². The molecule has 5 heteroatoms. The highest BCUT2D eigenvalue weighted by atomic mass is 28.3. The van der Waals surface area contributed by atoms with Crippen LogP contribution < -0.4 is 5.73 Å². The molecule has 0 aliphatic heterocycles. The molecule has 4 nitrogen and oxygen atoms in total. The lowest BCUT2D eigenvalue weighted by Crippen LogP contribution is -2.22. The first-order valence-corrected chi connectivity index (χ1v) is 10.4. The highest BCUT2D eigenvalue weighted by molar-refractivity contribution is 6.76. The van der Waals surface area contributed by atoms with Gasteiger partial charge in [-0.25, -0.2) is 4.98 Å². The summed E-state index contributed by atoms with van der Waals surface area (Å²) < 4.78 is 7.81. The minimum Gasteiger partial charge on any atom is -0.398 e. The summed E-state index contributed by atoms with van der Waals surface area (Å²) >= 11 is 0. The first kappa shape index (κ1) is 14.1. The van der Waals surface area contributed by atoms with Gasteiger partial charge in [0.25, 0.3) is 0 Å². The summed E-state index contributed by atoms with van der Waals surface area (Å²) in [7, 11) is -1.02. The summed E-state index contributed by atoms with van der Waals surface area (Å²) in [5.41, 5.74) is 8.83. The Bertz CT molecular complexity index is 572. The van der Waals surface area contributed by atoms with Crippen LogP contribution in [0.1, 0.15) is 5.56 Å². The van der Waals surface area contributed by atoms with Crippen LogP contribution >= 0.6 is 0 Å². The number of nitrogens with two attached hydrogens (primary N) is 1. The van der Waals surface area contributed by atoms with E-state index < -0.39 is 8.07 Å². The standard InChI is InChI=1S/C14H23N3OSi/c1-11-9-17(10-18-7-8-19(2,3)4)14-13(11)12(15)5-6-16-14/h5-6,9H,7-8,10H2,1-4H3,(H2,15,16). The summed E-state index contributed by atoms with van der Waals surface area (Å²) in [4.78, 5) is 4.40. The van der Waals surface area contributed by atoms with Crippen molar-refractivity contribution >= 4 is 24.8 Å². The zero-order valence-electron chi connectivity index (χ0n) is 12.2. The zero-order valence-corrected chi connectivity index (χ0v) is 13.2. The van der Waals surface area contributed by atoms with E-state index in [1.807, 2.05) is 10.6 Å². The normalized spacial score (nSPS) is 12.2. The minimum atomic E-state index is -1.02. The number of fused-ring (bicyclic) bond motifs is 1. The highest BCUT2D eigenvalue weighted by Crippen LogP contribution is 2.24. The van der Waals surface area contributed by atoms with Crippen molar-refractivity contribution in [3.05, 3.63) is 24.0 Å². The van der Waals surface area contributed by atoms with Gasteiger partial charge in [0.15, 0.2) is 0 Å². The average molecular weight is 277 g/mol. The van der Waals surface area contributed by atoms with Crippen molar-refractivity contribution in [2.24, 2.45) is 0 Å². The van der Waals surface area contributed by atoms with E-state index in [0.29, 0.717) is 6.73 Å². The van der Waals surface area contributed by atoms with Gasteiger partial charge < -0.3 is 15.0 Å². The molecule has 2 rings (SSSR count). The van der Waals surface area contributed by atoms with Crippen molar-refractivity contribution < 1.29 is 4.74 Å². The van der Waals surface area contributed by atoms with Crippen LogP contribution in [0.5, 0.6) is 0 Å². The Balaban J connectivity index is 2.08. The number of rotatable bonds is 5. The minimum absolute atomic E-state index is 0.547. The molecular weight excluding hydrogens is 254 g/mol. The Morgan fingerprint density at radius 3 is 2.79 bits per heavy atom. The van der Waals surface area contributed by atoms with E-state index in [1.165, 1.54) is 6.04 Å². The molecule has 0 saturated carbocycles. The smallest absolute Gasteiger partial charge is 0.144 e. The molecule has 2 heterocycles. The van der Waals surface area contributed by atoms with Crippen molar-refractivity contribution in [2.75, 3.05) is 12.3 Å².